The monoisotopic (exact) mass is 196 g/mol. The molecule has 0 aromatic carbocycles. The zero-order valence-corrected chi connectivity index (χ0v) is 8.96. The minimum atomic E-state index is -0.555. The maximum Gasteiger partial charge on any atom is 0.306 e. The van der Waals surface area contributed by atoms with E-state index in [2.05, 4.69) is 6.92 Å². The summed E-state index contributed by atoms with van der Waals surface area (Å²) >= 11 is 0. The lowest BCUT2D eigenvalue weighted by atomic mass is 9.63. The summed E-state index contributed by atoms with van der Waals surface area (Å²) in [6.45, 7) is 2.38. The van der Waals surface area contributed by atoms with Gasteiger partial charge in [-0.25, -0.2) is 0 Å². The molecule has 3 rings (SSSR count). The van der Waals surface area contributed by atoms with Gasteiger partial charge in [-0.1, -0.05) is 13.3 Å². The Morgan fingerprint density at radius 3 is 2.43 bits per heavy atom. The average Bonchev–Trinajstić information content (AvgIpc) is 2.09. The summed E-state index contributed by atoms with van der Waals surface area (Å²) in [4.78, 5) is 11.1. The highest BCUT2D eigenvalue weighted by Crippen LogP contribution is 2.47. The summed E-state index contributed by atoms with van der Waals surface area (Å²) < 4.78 is 0. The summed E-state index contributed by atoms with van der Waals surface area (Å²) in [7, 11) is 0. The molecule has 1 unspecified atom stereocenters. The molecule has 2 bridgehead atoms. The van der Waals surface area contributed by atoms with Gasteiger partial charge in [0.25, 0.3) is 0 Å². The standard InChI is InChI=1S/C12H20O2/c1-12-6-2-3-10(11(13)14)9(4-7-12)5-8-12/h9-10H,2-8H2,1H3,(H,13,14). The first-order chi connectivity index (χ1) is 6.61. The summed E-state index contributed by atoms with van der Waals surface area (Å²) in [5.74, 6) is -0.124. The highest BCUT2D eigenvalue weighted by molar-refractivity contribution is 5.70. The van der Waals surface area contributed by atoms with Crippen molar-refractivity contribution in [1.29, 1.82) is 0 Å². The van der Waals surface area contributed by atoms with Crippen LogP contribution >= 0.6 is 0 Å². The number of hydrogen-bond acceptors (Lipinski definition) is 1. The van der Waals surface area contributed by atoms with Crippen LogP contribution in [0.25, 0.3) is 0 Å². The van der Waals surface area contributed by atoms with Crippen molar-refractivity contribution in [2.75, 3.05) is 0 Å². The van der Waals surface area contributed by atoms with E-state index in [1.54, 1.807) is 0 Å². The molecule has 2 nitrogen and oxygen atoms in total. The van der Waals surface area contributed by atoms with E-state index in [-0.39, 0.29) is 5.92 Å². The van der Waals surface area contributed by atoms with Crippen LogP contribution in [0.3, 0.4) is 0 Å². The Morgan fingerprint density at radius 1 is 1.21 bits per heavy atom. The van der Waals surface area contributed by atoms with E-state index in [1.165, 1.54) is 19.3 Å². The van der Waals surface area contributed by atoms with E-state index < -0.39 is 5.97 Å². The molecule has 0 aromatic rings. The number of fused-ring (bicyclic) bond motifs is 5. The molecule has 14 heavy (non-hydrogen) atoms. The van der Waals surface area contributed by atoms with Crippen molar-refractivity contribution in [1.82, 2.24) is 0 Å². The Balaban J connectivity index is 2.10. The van der Waals surface area contributed by atoms with E-state index in [9.17, 15) is 4.79 Å². The van der Waals surface area contributed by atoms with Crippen LogP contribution in [-0.4, -0.2) is 11.1 Å². The van der Waals surface area contributed by atoms with Gasteiger partial charge in [-0.3, -0.25) is 4.79 Å². The lowest BCUT2D eigenvalue weighted by molar-refractivity contribution is -0.145. The van der Waals surface area contributed by atoms with Crippen LogP contribution in [-0.2, 0) is 4.79 Å². The summed E-state index contributed by atoms with van der Waals surface area (Å²) in [5.41, 5.74) is 0.542. The molecule has 2 heteroatoms. The minimum absolute atomic E-state index is 0.0418. The van der Waals surface area contributed by atoms with Crippen molar-refractivity contribution < 1.29 is 9.90 Å². The summed E-state index contributed by atoms with van der Waals surface area (Å²) in [6.07, 6.45) is 8.06. The van der Waals surface area contributed by atoms with E-state index in [4.69, 9.17) is 5.11 Å². The van der Waals surface area contributed by atoms with Crippen LogP contribution < -0.4 is 0 Å². The van der Waals surface area contributed by atoms with E-state index in [0.717, 1.165) is 25.7 Å². The Hall–Kier alpha value is -0.530. The highest BCUT2D eigenvalue weighted by Gasteiger charge is 2.38. The quantitative estimate of drug-likeness (QED) is 0.699. The predicted molar refractivity (Wildman–Crippen MR) is 55.0 cm³/mol. The van der Waals surface area contributed by atoms with E-state index in [0.29, 0.717) is 11.3 Å². The molecule has 0 radical (unpaired) electrons. The van der Waals surface area contributed by atoms with Gasteiger partial charge in [0.05, 0.1) is 5.92 Å². The molecular formula is C12H20O2. The van der Waals surface area contributed by atoms with Crippen LogP contribution in [0.2, 0.25) is 0 Å². The molecule has 3 aliphatic rings. The van der Waals surface area contributed by atoms with Crippen molar-refractivity contribution in [2.45, 2.75) is 51.9 Å². The number of aliphatic carboxylic acids is 1. The van der Waals surface area contributed by atoms with Gasteiger partial charge in [-0.15, -0.1) is 0 Å². The predicted octanol–water partition coefficient (Wildman–Crippen LogP) is 3.07. The van der Waals surface area contributed by atoms with Gasteiger partial charge in [0.1, 0.15) is 0 Å². The first kappa shape index (κ1) is 10.0. The lowest BCUT2D eigenvalue weighted by Crippen LogP contribution is -2.34. The van der Waals surface area contributed by atoms with Gasteiger partial charge in [-0.05, 0) is 49.9 Å². The molecule has 3 aliphatic carbocycles. The van der Waals surface area contributed by atoms with Crippen LogP contribution in [0.1, 0.15) is 51.9 Å². The van der Waals surface area contributed by atoms with Gasteiger partial charge in [0.15, 0.2) is 0 Å². The Labute approximate surface area is 85.7 Å². The Morgan fingerprint density at radius 2 is 1.86 bits per heavy atom. The number of hydrogen-bond donors (Lipinski definition) is 1. The second kappa shape index (κ2) is 3.56. The lowest BCUT2D eigenvalue weighted by Gasteiger charge is -2.42. The fourth-order valence-corrected chi connectivity index (χ4v) is 3.30. The van der Waals surface area contributed by atoms with Crippen molar-refractivity contribution in [3.63, 3.8) is 0 Å². The van der Waals surface area contributed by atoms with Gasteiger partial charge in [0.2, 0.25) is 0 Å². The molecule has 0 spiro atoms. The fourth-order valence-electron chi connectivity index (χ4n) is 3.30. The van der Waals surface area contributed by atoms with E-state index >= 15 is 0 Å². The molecule has 0 aromatic heterocycles. The second-order valence-electron chi connectivity index (χ2n) is 5.49. The molecule has 0 saturated heterocycles. The fraction of sp³-hybridized carbons (Fsp3) is 0.917. The zero-order valence-electron chi connectivity index (χ0n) is 8.96. The molecule has 3 fully saturated rings. The molecular weight excluding hydrogens is 176 g/mol. The maximum atomic E-state index is 11.1. The average molecular weight is 196 g/mol. The van der Waals surface area contributed by atoms with E-state index in [1.807, 2.05) is 0 Å². The highest BCUT2D eigenvalue weighted by atomic mass is 16.4. The number of rotatable bonds is 1. The maximum absolute atomic E-state index is 11.1. The first-order valence-electron chi connectivity index (χ1n) is 5.84. The minimum Gasteiger partial charge on any atom is -0.481 e. The van der Waals surface area contributed by atoms with Crippen molar-refractivity contribution >= 4 is 5.97 Å². The third kappa shape index (κ3) is 1.79. The van der Waals surface area contributed by atoms with Crippen molar-refractivity contribution in [3.05, 3.63) is 0 Å². The number of carboxylic acids is 1. The second-order valence-corrected chi connectivity index (χ2v) is 5.49. The largest absolute Gasteiger partial charge is 0.481 e. The van der Waals surface area contributed by atoms with Gasteiger partial charge < -0.3 is 5.11 Å². The Bertz CT molecular complexity index is 221. The first-order valence-corrected chi connectivity index (χ1v) is 5.84. The summed E-state index contributed by atoms with van der Waals surface area (Å²) in [6, 6.07) is 0. The van der Waals surface area contributed by atoms with Crippen molar-refractivity contribution in [3.8, 4) is 0 Å². The molecule has 0 aliphatic heterocycles. The Kier molecular flexibility index (Phi) is 2.54. The molecule has 3 saturated carbocycles. The third-order valence-corrected chi connectivity index (χ3v) is 4.42. The summed E-state index contributed by atoms with van der Waals surface area (Å²) in [5, 5.41) is 9.14. The number of carboxylic acid groups (broad SMARTS) is 1. The van der Waals surface area contributed by atoms with Crippen LogP contribution in [0.5, 0.6) is 0 Å². The SMILES string of the molecule is CC12CCCC(C(=O)O)C(CC1)CC2. The topological polar surface area (TPSA) is 37.3 Å². The molecule has 0 heterocycles. The van der Waals surface area contributed by atoms with Crippen molar-refractivity contribution in [2.24, 2.45) is 17.3 Å². The van der Waals surface area contributed by atoms with Gasteiger partial charge in [0, 0.05) is 0 Å². The third-order valence-electron chi connectivity index (χ3n) is 4.42. The molecule has 0 amide bonds. The zero-order chi connectivity index (χ0) is 10.2. The van der Waals surface area contributed by atoms with Gasteiger partial charge >= 0.3 is 5.97 Å². The molecule has 80 valence electrons. The smallest absolute Gasteiger partial charge is 0.306 e. The van der Waals surface area contributed by atoms with Crippen LogP contribution in [0.15, 0.2) is 0 Å². The number of carbonyl (C=O) groups is 1. The van der Waals surface area contributed by atoms with Gasteiger partial charge in [-0.2, -0.15) is 0 Å². The van der Waals surface area contributed by atoms with Crippen LogP contribution in [0.4, 0.5) is 0 Å². The van der Waals surface area contributed by atoms with Crippen LogP contribution in [0, 0.1) is 17.3 Å². The normalized spacial score (nSPS) is 42.9. The molecule has 1 atom stereocenters. The molecule has 1 N–H and O–H groups in total.